The smallest absolute Gasteiger partial charge is 0.179 e. The van der Waals surface area contributed by atoms with E-state index in [1.165, 1.54) is 0 Å². The van der Waals surface area contributed by atoms with E-state index in [9.17, 15) is 0 Å². The van der Waals surface area contributed by atoms with Gasteiger partial charge in [0.15, 0.2) is 11.5 Å². The van der Waals surface area contributed by atoms with Crippen molar-refractivity contribution in [3.8, 4) is 11.5 Å². The second-order valence-electron chi connectivity index (χ2n) is 4.21. The van der Waals surface area contributed by atoms with E-state index in [2.05, 4.69) is 5.32 Å². The lowest BCUT2D eigenvalue weighted by Gasteiger charge is -2.12. The van der Waals surface area contributed by atoms with Gasteiger partial charge in [0.25, 0.3) is 0 Å². The van der Waals surface area contributed by atoms with Crippen LogP contribution in [0.1, 0.15) is 18.4 Å². The molecular weight excluding hydrogens is 254 g/mol. The summed E-state index contributed by atoms with van der Waals surface area (Å²) in [5.74, 6) is 1.37. The SMILES string of the molecule is OCCCNCc1cc(Cl)c2c(c1)OCCCO2. The maximum Gasteiger partial charge on any atom is 0.179 e. The normalized spacial score (nSPS) is 14.3. The summed E-state index contributed by atoms with van der Waals surface area (Å²) in [6.45, 7) is 2.99. The van der Waals surface area contributed by atoms with Crippen molar-refractivity contribution in [1.29, 1.82) is 0 Å². The molecule has 5 heteroatoms. The number of benzene rings is 1. The van der Waals surface area contributed by atoms with Crippen LogP contribution in [0.15, 0.2) is 12.1 Å². The summed E-state index contributed by atoms with van der Waals surface area (Å²) in [5.41, 5.74) is 1.06. The third kappa shape index (κ3) is 3.51. The number of rotatable bonds is 5. The molecule has 2 rings (SSSR count). The zero-order chi connectivity index (χ0) is 12.8. The molecule has 18 heavy (non-hydrogen) atoms. The molecule has 0 atom stereocenters. The Labute approximate surface area is 112 Å². The van der Waals surface area contributed by atoms with Gasteiger partial charge in [-0.2, -0.15) is 0 Å². The molecule has 4 nitrogen and oxygen atoms in total. The fourth-order valence-corrected chi connectivity index (χ4v) is 2.11. The lowest BCUT2D eigenvalue weighted by atomic mass is 10.2. The molecule has 2 N–H and O–H groups in total. The van der Waals surface area contributed by atoms with Crippen molar-refractivity contribution in [2.24, 2.45) is 0 Å². The van der Waals surface area contributed by atoms with Crippen LogP contribution >= 0.6 is 11.6 Å². The van der Waals surface area contributed by atoms with Gasteiger partial charge < -0.3 is 19.9 Å². The van der Waals surface area contributed by atoms with Gasteiger partial charge in [-0.05, 0) is 30.7 Å². The van der Waals surface area contributed by atoms with Gasteiger partial charge in [0.1, 0.15) is 0 Å². The van der Waals surface area contributed by atoms with Gasteiger partial charge >= 0.3 is 0 Å². The van der Waals surface area contributed by atoms with Gasteiger partial charge in [0.05, 0.1) is 18.2 Å². The van der Waals surface area contributed by atoms with Gasteiger partial charge in [-0.25, -0.2) is 0 Å². The highest BCUT2D eigenvalue weighted by atomic mass is 35.5. The van der Waals surface area contributed by atoms with E-state index in [4.69, 9.17) is 26.2 Å². The van der Waals surface area contributed by atoms with Crippen molar-refractivity contribution < 1.29 is 14.6 Å². The summed E-state index contributed by atoms with van der Waals surface area (Å²) in [4.78, 5) is 0. The topological polar surface area (TPSA) is 50.7 Å². The number of halogens is 1. The van der Waals surface area contributed by atoms with Crippen molar-refractivity contribution in [3.63, 3.8) is 0 Å². The molecule has 0 aromatic heterocycles. The molecule has 1 aromatic carbocycles. The number of fused-ring (bicyclic) bond motifs is 1. The van der Waals surface area contributed by atoms with Crippen LogP contribution in [0, 0.1) is 0 Å². The van der Waals surface area contributed by atoms with Gasteiger partial charge in [0, 0.05) is 19.6 Å². The number of aliphatic hydroxyl groups is 1. The Hall–Kier alpha value is -0.970. The molecule has 0 radical (unpaired) electrons. The van der Waals surface area contributed by atoms with Crippen LogP contribution in [0.4, 0.5) is 0 Å². The molecule has 100 valence electrons. The molecule has 0 bridgehead atoms. The fourth-order valence-electron chi connectivity index (χ4n) is 1.82. The van der Waals surface area contributed by atoms with Crippen LogP contribution in [0.5, 0.6) is 11.5 Å². The number of aliphatic hydroxyl groups excluding tert-OH is 1. The molecule has 0 saturated carbocycles. The summed E-state index contributed by atoms with van der Waals surface area (Å²) in [6, 6.07) is 3.85. The molecule has 1 heterocycles. The molecule has 0 saturated heterocycles. The first-order valence-electron chi connectivity index (χ1n) is 6.21. The highest BCUT2D eigenvalue weighted by molar-refractivity contribution is 6.32. The Morgan fingerprint density at radius 1 is 1.28 bits per heavy atom. The summed E-state index contributed by atoms with van der Waals surface area (Å²) in [5, 5.41) is 12.5. The molecule has 1 aromatic rings. The fraction of sp³-hybridized carbons (Fsp3) is 0.538. The standard InChI is InChI=1S/C13H18ClNO3/c14-11-7-10(9-15-3-1-4-16)8-12-13(11)18-6-2-5-17-12/h7-8,15-16H,1-6,9H2. The number of nitrogens with one attached hydrogen (secondary N) is 1. The highest BCUT2D eigenvalue weighted by Crippen LogP contribution is 2.37. The lowest BCUT2D eigenvalue weighted by Crippen LogP contribution is -2.15. The minimum Gasteiger partial charge on any atom is -0.489 e. The molecule has 1 aliphatic heterocycles. The lowest BCUT2D eigenvalue weighted by molar-refractivity contribution is 0.286. The van der Waals surface area contributed by atoms with Gasteiger partial charge in [-0.15, -0.1) is 0 Å². The molecule has 0 spiro atoms. The Bertz CT molecular complexity index is 398. The third-order valence-corrected chi connectivity index (χ3v) is 2.98. The second-order valence-corrected chi connectivity index (χ2v) is 4.62. The Kier molecular flexibility index (Phi) is 5.11. The highest BCUT2D eigenvalue weighted by Gasteiger charge is 2.15. The first-order valence-corrected chi connectivity index (χ1v) is 6.58. The summed E-state index contributed by atoms with van der Waals surface area (Å²) in [6.07, 6.45) is 1.62. The van der Waals surface area contributed by atoms with Crippen molar-refractivity contribution >= 4 is 11.6 Å². The average Bonchev–Trinajstić information content (AvgIpc) is 2.60. The Morgan fingerprint density at radius 3 is 2.94 bits per heavy atom. The zero-order valence-corrected chi connectivity index (χ0v) is 11.0. The van der Waals surface area contributed by atoms with Crippen LogP contribution in [0.3, 0.4) is 0 Å². The van der Waals surface area contributed by atoms with Gasteiger partial charge in [-0.1, -0.05) is 11.6 Å². The van der Waals surface area contributed by atoms with Crippen LogP contribution < -0.4 is 14.8 Å². The largest absolute Gasteiger partial charge is 0.489 e. The average molecular weight is 272 g/mol. The van der Waals surface area contributed by atoms with Crippen LogP contribution in [-0.4, -0.2) is 31.5 Å². The number of ether oxygens (including phenoxy) is 2. The summed E-state index contributed by atoms with van der Waals surface area (Å²) >= 11 is 6.19. The van der Waals surface area contributed by atoms with Crippen LogP contribution in [-0.2, 0) is 6.54 Å². The quantitative estimate of drug-likeness (QED) is 0.804. The molecule has 1 aliphatic rings. The van der Waals surface area contributed by atoms with Crippen molar-refractivity contribution in [1.82, 2.24) is 5.32 Å². The predicted molar refractivity (Wildman–Crippen MR) is 70.5 cm³/mol. The van der Waals surface area contributed by atoms with E-state index in [0.29, 0.717) is 30.5 Å². The predicted octanol–water partition coefficient (Wildman–Crippen LogP) is 1.97. The summed E-state index contributed by atoms with van der Waals surface area (Å²) < 4.78 is 11.2. The Morgan fingerprint density at radius 2 is 2.11 bits per heavy atom. The van der Waals surface area contributed by atoms with Gasteiger partial charge in [-0.3, -0.25) is 0 Å². The van der Waals surface area contributed by atoms with Crippen molar-refractivity contribution in [2.45, 2.75) is 19.4 Å². The second kappa shape index (κ2) is 6.83. The van der Waals surface area contributed by atoms with E-state index in [-0.39, 0.29) is 6.61 Å². The molecule has 0 amide bonds. The van der Waals surface area contributed by atoms with Crippen LogP contribution in [0.2, 0.25) is 5.02 Å². The van der Waals surface area contributed by atoms with E-state index >= 15 is 0 Å². The first-order chi connectivity index (χ1) is 8.81. The zero-order valence-electron chi connectivity index (χ0n) is 10.2. The number of hydrogen-bond acceptors (Lipinski definition) is 4. The Balaban J connectivity index is 2.04. The van der Waals surface area contributed by atoms with Crippen molar-refractivity contribution in [3.05, 3.63) is 22.7 Å². The van der Waals surface area contributed by atoms with Gasteiger partial charge in [0.2, 0.25) is 0 Å². The van der Waals surface area contributed by atoms with E-state index < -0.39 is 0 Å². The number of hydrogen-bond donors (Lipinski definition) is 2. The monoisotopic (exact) mass is 271 g/mol. The molecular formula is C13H18ClNO3. The first kappa shape index (κ1) is 13.5. The summed E-state index contributed by atoms with van der Waals surface area (Å²) in [7, 11) is 0. The van der Waals surface area contributed by atoms with E-state index in [1.807, 2.05) is 12.1 Å². The van der Waals surface area contributed by atoms with E-state index in [0.717, 1.165) is 30.7 Å². The van der Waals surface area contributed by atoms with Crippen LogP contribution in [0.25, 0.3) is 0 Å². The minimum absolute atomic E-state index is 0.203. The molecule has 0 unspecified atom stereocenters. The maximum atomic E-state index is 8.70. The van der Waals surface area contributed by atoms with Crippen molar-refractivity contribution in [2.75, 3.05) is 26.4 Å². The van der Waals surface area contributed by atoms with E-state index in [1.54, 1.807) is 0 Å². The molecule has 0 fully saturated rings. The maximum absolute atomic E-state index is 8.70. The molecule has 0 aliphatic carbocycles. The minimum atomic E-state index is 0.203. The third-order valence-electron chi connectivity index (χ3n) is 2.70.